The molecule has 1 aromatic heterocycles. The SMILES string of the molecule is Cc1cc2occ(CCCCN3CCN(c4cccc(C#N)c4)CC3)c(=O)c2cc1C. The molecule has 0 bridgehead atoms. The van der Waals surface area contributed by atoms with Crippen LogP contribution in [-0.4, -0.2) is 37.6 Å². The van der Waals surface area contributed by atoms with E-state index in [9.17, 15) is 4.79 Å². The van der Waals surface area contributed by atoms with Crippen molar-refractivity contribution in [3.8, 4) is 6.07 Å². The fourth-order valence-electron chi connectivity index (χ4n) is 4.25. The number of nitrogens with zero attached hydrogens (tertiary/aromatic N) is 3. The molecule has 0 N–H and O–H groups in total. The molecule has 1 aliphatic heterocycles. The molecule has 2 heterocycles. The van der Waals surface area contributed by atoms with Crippen LogP contribution in [0, 0.1) is 25.2 Å². The fourth-order valence-corrected chi connectivity index (χ4v) is 4.25. The van der Waals surface area contributed by atoms with E-state index in [1.807, 2.05) is 44.2 Å². The van der Waals surface area contributed by atoms with Crippen molar-refractivity contribution in [3.05, 3.63) is 75.1 Å². The molecule has 5 nitrogen and oxygen atoms in total. The molecule has 1 aliphatic rings. The first-order valence-electron chi connectivity index (χ1n) is 11.0. The molecule has 31 heavy (non-hydrogen) atoms. The normalized spacial score (nSPS) is 14.7. The molecule has 4 rings (SSSR count). The molecule has 0 radical (unpaired) electrons. The Morgan fingerprint density at radius 1 is 1.03 bits per heavy atom. The highest BCUT2D eigenvalue weighted by Crippen LogP contribution is 2.19. The van der Waals surface area contributed by atoms with Crippen molar-refractivity contribution in [2.45, 2.75) is 33.1 Å². The summed E-state index contributed by atoms with van der Waals surface area (Å²) < 4.78 is 5.74. The van der Waals surface area contributed by atoms with E-state index in [4.69, 9.17) is 9.68 Å². The van der Waals surface area contributed by atoms with Crippen LogP contribution < -0.4 is 10.3 Å². The summed E-state index contributed by atoms with van der Waals surface area (Å²) >= 11 is 0. The largest absolute Gasteiger partial charge is 0.464 e. The van der Waals surface area contributed by atoms with E-state index in [2.05, 4.69) is 21.9 Å². The Morgan fingerprint density at radius 2 is 1.81 bits per heavy atom. The molecule has 2 aromatic carbocycles. The van der Waals surface area contributed by atoms with Gasteiger partial charge in [-0.05, 0) is 81.1 Å². The van der Waals surface area contributed by atoms with Crippen molar-refractivity contribution in [1.82, 2.24) is 4.90 Å². The predicted octanol–water partition coefficient (Wildman–Crippen LogP) is 4.43. The Hall–Kier alpha value is -3.10. The second kappa shape index (κ2) is 9.36. The zero-order chi connectivity index (χ0) is 21.8. The number of hydrogen-bond acceptors (Lipinski definition) is 5. The number of anilines is 1. The number of rotatable bonds is 6. The maximum Gasteiger partial charge on any atom is 0.195 e. The molecule has 1 fully saturated rings. The predicted molar refractivity (Wildman–Crippen MR) is 125 cm³/mol. The van der Waals surface area contributed by atoms with Gasteiger partial charge in [-0.2, -0.15) is 5.26 Å². The van der Waals surface area contributed by atoms with Crippen LogP contribution in [0.5, 0.6) is 0 Å². The number of aryl methyl sites for hydroxylation is 3. The van der Waals surface area contributed by atoms with Crippen molar-refractivity contribution >= 4 is 16.7 Å². The summed E-state index contributed by atoms with van der Waals surface area (Å²) in [7, 11) is 0. The molecular weight excluding hydrogens is 386 g/mol. The lowest BCUT2D eigenvalue weighted by Crippen LogP contribution is -2.46. The van der Waals surface area contributed by atoms with Crippen molar-refractivity contribution in [2.75, 3.05) is 37.6 Å². The Kier molecular flexibility index (Phi) is 6.39. The standard InChI is InChI=1S/C26H29N3O2/c1-19-14-24-25(15-20(19)2)31-18-22(26(24)30)7-3-4-9-28-10-12-29(13-11-28)23-8-5-6-21(16-23)17-27/h5-6,8,14-16,18H,3-4,7,9-13H2,1-2H3. The van der Waals surface area contributed by atoms with E-state index in [-0.39, 0.29) is 5.43 Å². The second-order valence-corrected chi connectivity index (χ2v) is 8.47. The van der Waals surface area contributed by atoms with Gasteiger partial charge in [0.15, 0.2) is 5.43 Å². The van der Waals surface area contributed by atoms with E-state index in [0.717, 1.165) is 74.4 Å². The molecule has 0 atom stereocenters. The average Bonchev–Trinajstić information content (AvgIpc) is 2.80. The van der Waals surface area contributed by atoms with Crippen LogP contribution in [0.4, 0.5) is 5.69 Å². The molecule has 0 aliphatic carbocycles. The molecule has 3 aromatic rings. The van der Waals surface area contributed by atoms with Gasteiger partial charge in [0, 0.05) is 37.4 Å². The third-order valence-electron chi connectivity index (χ3n) is 6.34. The minimum absolute atomic E-state index is 0.109. The maximum atomic E-state index is 12.8. The van der Waals surface area contributed by atoms with Gasteiger partial charge in [0.1, 0.15) is 5.58 Å². The zero-order valence-corrected chi connectivity index (χ0v) is 18.4. The van der Waals surface area contributed by atoms with Gasteiger partial charge in [0.2, 0.25) is 0 Å². The van der Waals surface area contributed by atoms with Crippen molar-refractivity contribution in [1.29, 1.82) is 5.26 Å². The minimum Gasteiger partial charge on any atom is -0.464 e. The van der Waals surface area contributed by atoms with Crippen LogP contribution in [0.3, 0.4) is 0 Å². The van der Waals surface area contributed by atoms with E-state index in [1.54, 1.807) is 6.26 Å². The van der Waals surface area contributed by atoms with Gasteiger partial charge >= 0.3 is 0 Å². The highest BCUT2D eigenvalue weighted by molar-refractivity contribution is 5.78. The van der Waals surface area contributed by atoms with Gasteiger partial charge in [-0.25, -0.2) is 0 Å². The van der Waals surface area contributed by atoms with Crippen LogP contribution in [0.2, 0.25) is 0 Å². The Morgan fingerprint density at radius 3 is 2.58 bits per heavy atom. The third-order valence-corrected chi connectivity index (χ3v) is 6.34. The summed E-state index contributed by atoms with van der Waals surface area (Å²) in [6, 6.07) is 14.0. The summed E-state index contributed by atoms with van der Waals surface area (Å²) in [5.41, 5.74) is 5.66. The Labute approximate surface area is 183 Å². The van der Waals surface area contributed by atoms with E-state index < -0.39 is 0 Å². The number of benzene rings is 2. The second-order valence-electron chi connectivity index (χ2n) is 8.47. The van der Waals surface area contributed by atoms with Crippen LogP contribution in [0.15, 0.2) is 51.9 Å². The Bertz CT molecular complexity index is 1170. The summed E-state index contributed by atoms with van der Waals surface area (Å²) in [6.45, 7) is 9.10. The van der Waals surface area contributed by atoms with Crippen molar-refractivity contribution < 1.29 is 4.42 Å². The third kappa shape index (κ3) is 4.81. The van der Waals surface area contributed by atoms with Crippen LogP contribution in [0.1, 0.15) is 35.1 Å². The highest BCUT2D eigenvalue weighted by atomic mass is 16.3. The molecule has 0 spiro atoms. The van der Waals surface area contributed by atoms with Gasteiger partial charge in [0.25, 0.3) is 0 Å². The first-order valence-corrected chi connectivity index (χ1v) is 11.0. The molecule has 5 heteroatoms. The molecular formula is C26H29N3O2. The van der Waals surface area contributed by atoms with Crippen LogP contribution in [-0.2, 0) is 6.42 Å². The zero-order valence-electron chi connectivity index (χ0n) is 18.4. The quantitative estimate of drug-likeness (QED) is 0.558. The minimum atomic E-state index is 0.109. The first-order chi connectivity index (χ1) is 15.0. The molecule has 0 unspecified atom stereocenters. The highest BCUT2D eigenvalue weighted by Gasteiger charge is 2.17. The fraction of sp³-hybridized carbons (Fsp3) is 0.385. The van der Waals surface area contributed by atoms with E-state index in [1.165, 1.54) is 0 Å². The van der Waals surface area contributed by atoms with Crippen LogP contribution >= 0.6 is 0 Å². The van der Waals surface area contributed by atoms with Gasteiger partial charge in [-0.15, -0.1) is 0 Å². The monoisotopic (exact) mass is 415 g/mol. The molecule has 1 saturated heterocycles. The Balaban J connectivity index is 1.26. The maximum absolute atomic E-state index is 12.8. The number of hydrogen-bond donors (Lipinski definition) is 0. The smallest absolute Gasteiger partial charge is 0.195 e. The van der Waals surface area contributed by atoms with Gasteiger partial charge in [-0.1, -0.05) is 6.07 Å². The van der Waals surface area contributed by atoms with Gasteiger partial charge < -0.3 is 9.32 Å². The lowest BCUT2D eigenvalue weighted by Gasteiger charge is -2.36. The summed E-state index contributed by atoms with van der Waals surface area (Å²) in [5.74, 6) is 0. The molecule has 0 saturated carbocycles. The lowest BCUT2D eigenvalue weighted by molar-refractivity contribution is 0.253. The van der Waals surface area contributed by atoms with Crippen LogP contribution in [0.25, 0.3) is 11.0 Å². The average molecular weight is 416 g/mol. The number of unbranched alkanes of at least 4 members (excludes halogenated alkanes) is 1. The number of nitriles is 1. The van der Waals surface area contributed by atoms with E-state index >= 15 is 0 Å². The summed E-state index contributed by atoms with van der Waals surface area (Å²) in [4.78, 5) is 17.6. The summed E-state index contributed by atoms with van der Waals surface area (Å²) in [5, 5.41) is 9.79. The van der Waals surface area contributed by atoms with E-state index in [0.29, 0.717) is 16.5 Å². The van der Waals surface area contributed by atoms with Crippen molar-refractivity contribution in [2.24, 2.45) is 0 Å². The first kappa shape index (κ1) is 21.1. The molecule has 160 valence electrons. The molecule has 0 amide bonds. The van der Waals surface area contributed by atoms with Gasteiger partial charge in [-0.3, -0.25) is 9.69 Å². The number of piperazine rings is 1. The summed E-state index contributed by atoms with van der Waals surface area (Å²) in [6.07, 6.45) is 4.44. The van der Waals surface area contributed by atoms with Crippen molar-refractivity contribution in [3.63, 3.8) is 0 Å². The van der Waals surface area contributed by atoms with Gasteiger partial charge in [0.05, 0.1) is 23.3 Å². The lowest BCUT2D eigenvalue weighted by atomic mass is 10.0. The topological polar surface area (TPSA) is 60.5 Å². The number of fused-ring (bicyclic) bond motifs is 1.